The lowest BCUT2D eigenvalue weighted by Gasteiger charge is -2.28. The molecule has 1 amide bonds. The summed E-state index contributed by atoms with van der Waals surface area (Å²) < 4.78 is 0. The van der Waals surface area contributed by atoms with Crippen molar-refractivity contribution >= 4 is 12.0 Å². The normalized spacial score (nSPS) is 26.2. The minimum absolute atomic E-state index is 0.333. The molecule has 3 rings (SSSR count). The Balaban J connectivity index is 1.57. The smallest absolute Gasteiger partial charge is 0.225 e. The number of carbonyl (C=O) groups is 1. The van der Waals surface area contributed by atoms with E-state index in [-0.39, 0.29) is 0 Å². The average Bonchev–Trinajstić information content (AvgIpc) is 3.17. The highest BCUT2D eigenvalue weighted by molar-refractivity contribution is 5.81. The Bertz CT molecular complexity index is 481. The first kappa shape index (κ1) is 12.5. The van der Waals surface area contributed by atoms with Crippen LogP contribution in [0.4, 0.5) is 0 Å². The van der Waals surface area contributed by atoms with E-state index in [1.165, 1.54) is 11.1 Å². The molecular weight excluding hydrogens is 234 g/mol. The quantitative estimate of drug-likeness (QED) is 0.793. The largest absolute Gasteiger partial charge is 0.342 e. The average molecular weight is 255 g/mol. The molecule has 1 saturated heterocycles. The number of hydrogen-bond donors (Lipinski definition) is 0. The molecule has 2 fully saturated rings. The van der Waals surface area contributed by atoms with Gasteiger partial charge in [0.15, 0.2) is 0 Å². The second-order valence-corrected chi connectivity index (χ2v) is 5.86. The predicted octanol–water partition coefficient (Wildman–Crippen LogP) is 3.35. The van der Waals surface area contributed by atoms with Crippen LogP contribution in [0.2, 0.25) is 0 Å². The lowest BCUT2D eigenvalue weighted by atomic mass is 10.0. The Morgan fingerprint density at radius 2 is 1.84 bits per heavy atom. The molecule has 0 spiro atoms. The topological polar surface area (TPSA) is 20.3 Å². The number of benzene rings is 1. The van der Waals surface area contributed by atoms with Crippen molar-refractivity contribution in [2.75, 3.05) is 13.1 Å². The van der Waals surface area contributed by atoms with Crippen LogP contribution in [0.25, 0.3) is 6.08 Å². The minimum Gasteiger partial charge on any atom is -0.342 e. The second kappa shape index (κ2) is 5.20. The van der Waals surface area contributed by atoms with Gasteiger partial charge in [0.2, 0.25) is 5.91 Å². The van der Waals surface area contributed by atoms with Crippen molar-refractivity contribution in [1.82, 2.24) is 4.90 Å². The van der Waals surface area contributed by atoms with Crippen LogP contribution in [0, 0.1) is 11.8 Å². The maximum Gasteiger partial charge on any atom is 0.225 e. The number of hydrogen-bond acceptors (Lipinski definition) is 1. The molecule has 1 aliphatic carbocycles. The number of amides is 1. The first-order valence-corrected chi connectivity index (χ1v) is 7.27. The number of piperidine rings is 1. The molecule has 2 nitrogen and oxygen atoms in total. The van der Waals surface area contributed by atoms with E-state index < -0.39 is 0 Å². The highest BCUT2D eigenvalue weighted by atomic mass is 16.2. The Morgan fingerprint density at radius 3 is 2.42 bits per heavy atom. The van der Waals surface area contributed by atoms with E-state index >= 15 is 0 Å². The minimum atomic E-state index is 0.333. The standard InChI is InChI=1S/C17H21NO/c1-13-11-16(13)17(19)18-9-7-15(8-10-18)12-14-5-3-2-4-6-14/h2-6,12-13,16H,7-11H2,1H3. The van der Waals surface area contributed by atoms with Crippen molar-refractivity contribution in [2.24, 2.45) is 11.8 Å². The molecule has 0 N–H and O–H groups in total. The molecule has 2 unspecified atom stereocenters. The third-order valence-electron chi connectivity index (χ3n) is 4.31. The summed E-state index contributed by atoms with van der Waals surface area (Å²) in [7, 11) is 0. The van der Waals surface area contributed by atoms with E-state index in [0.717, 1.165) is 32.4 Å². The van der Waals surface area contributed by atoms with Crippen LogP contribution in [0.5, 0.6) is 0 Å². The van der Waals surface area contributed by atoms with E-state index in [4.69, 9.17) is 0 Å². The Morgan fingerprint density at radius 1 is 1.21 bits per heavy atom. The van der Waals surface area contributed by atoms with Gasteiger partial charge in [-0.1, -0.05) is 48.9 Å². The third kappa shape index (κ3) is 2.89. The summed E-state index contributed by atoms with van der Waals surface area (Å²) in [5.41, 5.74) is 2.74. The van der Waals surface area contributed by atoms with Crippen LogP contribution < -0.4 is 0 Å². The summed E-state index contributed by atoms with van der Waals surface area (Å²) in [6, 6.07) is 10.5. The van der Waals surface area contributed by atoms with Crippen LogP contribution in [-0.2, 0) is 4.79 Å². The molecule has 2 atom stereocenters. The van der Waals surface area contributed by atoms with Crippen LogP contribution in [-0.4, -0.2) is 23.9 Å². The summed E-state index contributed by atoms with van der Waals surface area (Å²) in [6.45, 7) is 3.98. The lowest BCUT2D eigenvalue weighted by molar-refractivity contribution is -0.133. The van der Waals surface area contributed by atoms with Crippen LogP contribution >= 0.6 is 0 Å². The highest BCUT2D eigenvalue weighted by Gasteiger charge is 2.41. The number of carbonyl (C=O) groups excluding carboxylic acids is 1. The molecular formula is C17H21NO. The summed E-state index contributed by atoms with van der Waals surface area (Å²) in [6.07, 6.45) is 5.44. The van der Waals surface area contributed by atoms with Gasteiger partial charge in [-0.15, -0.1) is 0 Å². The van der Waals surface area contributed by atoms with Gasteiger partial charge >= 0.3 is 0 Å². The summed E-state index contributed by atoms with van der Waals surface area (Å²) in [5.74, 6) is 1.35. The molecule has 2 heteroatoms. The van der Waals surface area contributed by atoms with E-state index in [2.05, 4.69) is 42.2 Å². The van der Waals surface area contributed by atoms with Crippen LogP contribution in [0.1, 0.15) is 31.7 Å². The number of likely N-dealkylation sites (tertiary alicyclic amines) is 1. The highest BCUT2D eigenvalue weighted by Crippen LogP contribution is 2.39. The molecule has 2 aliphatic rings. The lowest BCUT2D eigenvalue weighted by Crippen LogP contribution is -2.37. The van der Waals surface area contributed by atoms with Gasteiger partial charge in [-0.25, -0.2) is 0 Å². The Hall–Kier alpha value is -1.57. The Labute approximate surface area is 115 Å². The third-order valence-corrected chi connectivity index (χ3v) is 4.31. The molecule has 1 aromatic rings. The molecule has 19 heavy (non-hydrogen) atoms. The molecule has 1 aromatic carbocycles. The van der Waals surface area contributed by atoms with Crippen molar-refractivity contribution in [3.8, 4) is 0 Å². The fourth-order valence-corrected chi connectivity index (χ4v) is 2.84. The van der Waals surface area contributed by atoms with Crippen LogP contribution in [0.3, 0.4) is 0 Å². The van der Waals surface area contributed by atoms with E-state index in [1.807, 2.05) is 6.07 Å². The van der Waals surface area contributed by atoms with Gasteiger partial charge in [-0.05, 0) is 30.7 Å². The van der Waals surface area contributed by atoms with Crippen molar-refractivity contribution < 1.29 is 4.79 Å². The van der Waals surface area contributed by atoms with E-state index in [1.54, 1.807) is 0 Å². The second-order valence-electron chi connectivity index (χ2n) is 5.86. The zero-order valence-electron chi connectivity index (χ0n) is 11.5. The molecule has 0 radical (unpaired) electrons. The van der Waals surface area contributed by atoms with Crippen LogP contribution in [0.15, 0.2) is 35.9 Å². The summed E-state index contributed by atoms with van der Waals surface area (Å²) in [4.78, 5) is 14.2. The van der Waals surface area contributed by atoms with E-state index in [0.29, 0.717) is 17.7 Å². The van der Waals surface area contributed by atoms with Crippen molar-refractivity contribution in [2.45, 2.75) is 26.2 Å². The number of rotatable bonds is 2. The maximum absolute atomic E-state index is 12.1. The van der Waals surface area contributed by atoms with Crippen molar-refractivity contribution in [3.63, 3.8) is 0 Å². The molecule has 1 aliphatic heterocycles. The molecule has 0 aromatic heterocycles. The van der Waals surface area contributed by atoms with Crippen molar-refractivity contribution in [1.29, 1.82) is 0 Å². The molecule has 0 bridgehead atoms. The monoisotopic (exact) mass is 255 g/mol. The molecule has 100 valence electrons. The first-order chi connectivity index (χ1) is 9.24. The van der Waals surface area contributed by atoms with Crippen molar-refractivity contribution in [3.05, 3.63) is 41.5 Å². The first-order valence-electron chi connectivity index (χ1n) is 7.27. The predicted molar refractivity (Wildman–Crippen MR) is 77.5 cm³/mol. The fraction of sp³-hybridized carbons (Fsp3) is 0.471. The molecule has 1 saturated carbocycles. The summed E-state index contributed by atoms with van der Waals surface area (Å²) >= 11 is 0. The zero-order valence-corrected chi connectivity index (χ0v) is 11.5. The van der Waals surface area contributed by atoms with Gasteiger partial charge in [-0.3, -0.25) is 4.79 Å². The van der Waals surface area contributed by atoms with Gasteiger partial charge in [0.1, 0.15) is 0 Å². The number of nitrogens with zero attached hydrogens (tertiary/aromatic N) is 1. The van der Waals surface area contributed by atoms with Gasteiger partial charge in [0, 0.05) is 19.0 Å². The van der Waals surface area contributed by atoms with Gasteiger partial charge < -0.3 is 4.90 Å². The fourth-order valence-electron chi connectivity index (χ4n) is 2.84. The summed E-state index contributed by atoms with van der Waals surface area (Å²) in [5, 5.41) is 0. The molecule has 1 heterocycles. The van der Waals surface area contributed by atoms with Gasteiger partial charge in [-0.2, -0.15) is 0 Å². The van der Waals surface area contributed by atoms with Gasteiger partial charge in [0.05, 0.1) is 0 Å². The zero-order chi connectivity index (χ0) is 13.2. The SMILES string of the molecule is CC1CC1C(=O)N1CCC(=Cc2ccccc2)CC1. The Kier molecular flexibility index (Phi) is 3.41. The van der Waals surface area contributed by atoms with E-state index in [9.17, 15) is 4.79 Å². The maximum atomic E-state index is 12.1. The van der Waals surface area contributed by atoms with Gasteiger partial charge in [0.25, 0.3) is 0 Å².